The summed E-state index contributed by atoms with van der Waals surface area (Å²) in [6.07, 6.45) is 3.45. The molecule has 0 aliphatic rings. The minimum atomic E-state index is -0.330. The zero-order valence-corrected chi connectivity index (χ0v) is 14.1. The van der Waals surface area contributed by atoms with E-state index in [2.05, 4.69) is 17.6 Å². The number of hydrogen-bond donors (Lipinski definition) is 2. The fourth-order valence-corrected chi connectivity index (χ4v) is 3.11. The molecule has 112 valence electrons. The van der Waals surface area contributed by atoms with Crippen LogP contribution in [0.15, 0.2) is 0 Å². The first kappa shape index (κ1) is 16.9. The molecule has 4 nitrogen and oxygen atoms in total. The van der Waals surface area contributed by atoms with Crippen molar-refractivity contribution in [2.45, 2.75) is 40.0 Å². The summed E-state index contributed by atoms with van der Waals surface area (Å²) in [6.45, 7) is 6.91. The molecule has 0 atom stereocenters. The fourth-order valence-electron chi connectivity index (χ4n) is 1.79. The van der Waals surface area contributed by atoms with Gasteiger partial charge in [0.05, 0.1) is 12.7 Å². The van der Waals surface area contributed by atoms with Crippen molar-refractivity contribution in [3.8, 4) is 0 Å². The number of thiocarbonyl (C=S) groups is 1. The minimum Gasteiger partial charge on any atom is -0.465 e. The maximum atomic E-state index is 11.8. The molecule has 0 unspecified atom stereocenters. The molecule has 0 aromatic carbocycles. The van der Waals surface area contributed by atoms with Crippen LogP contribution in [-0.2, 0) is 4.74 Å². The van der Waals surface area contributed by atoms with E-state index in [-0.39, 0.29) is 5.97 Å². The van der Waals surface area contributed by atoms with Crippen molar-refractivity contribution < 1.29 is 9.53 Å². The van der Waals surface area contributed by atoms with Gasteiger partial charge in [-0.3, -0.25) is 0 Å². The number of unbranched alkanes of at least 4 members (excludes halogenated alkanes) is 2. The van der Waals surface area contributed by atoms with Crippen LogP contribution in [0.4, 0.5) is 5.00 Å². The number of thiophene rings is 1. The normalized spacial score (nSPS) is 10.2. The van der Waals surface area contributed by atoms with E-state index in [1.807, 2.05) is 13.8 Å². The van der Waals surface area contributed by atoms with Crippen LogP contribution in [0.2, 0.25) is 0 Å². The molecule has 20 heavy (non-hydrogen) atoms. The summed E-state index contributed by atoms with van der Waals surface area (Å²) in [5.41, 5.74) is 1.52. The van der Waals surface area contributed by atoms with Gasteiger partial charge in [0.1, 0.15) is 5.00 Å². The zero-order chi connectivity index (χ0) is 15.1. The number of aryl methyl sites for hydroxylation is 1. The lowest BCUT2D eigenvalue weighted by Gasteiger charge is -2.10. The number of rotatable bonds is 6. The van der Waals surface area contributed by atoms with E-state index in [0.29, 0.717) is 10.7 Å². The number of carbonyl (C=O) groups excluding carboxylic acids is 1. The van der Waals surface area contributed by atoms with E-state index in [4.69, 9.17) is 17.0 Å². The molecule has 0 spiro atoms. The Morgan fingerprint density at radius 3 is 2.65 bits per heavy atom. The average Bonchev–Trinajstić information content (AvgIpc) is 2.69. The first-order chi connectivity index (χ1) is 9.51. The van der Waals surface area contributed by atoms with Gasteiger partial charge in [-0.15, -0.1) is 11.3 Å². The Kier molecular flexibility index (Phi) is 6.95. The topological polar surface area (TPSA) is 50.4 Å². The van der Waals surface area contributed by atoms with Gasteiger partial charge < -0.3 is 15.4 Å². The quantitative estimate of drug-likeness (QED) is 0.477. The number of hydrogen-bond acceptors (Lipinski definition) is 4. The molecule has 0 saturated carbocycles. The Morgan fingerprint density at radius 1 is 1.35 bits per heavy atom. The second-order valence-electron chi connectivity index (χ2n) is 4.57. The summed E-state index contributed by atoms with van der Waals surface area (Å²) < 4.78 is 4.83. The van der Waals surface area contributed by atoms with Crippen molar-refractivity contribution in [1.29, 1.82) is 0 Å². The maximum absolute atomic E-state index is 11.8. The van der Waals surface area contributed by atoms with Crippen LogP contribution in [0, 0.1) is 13.8 Å². The number of anilines is 1. The Bertz CT molecular complexity index is 484. The molecule has 0 radical (unpaired) electrons. The third-order valence-corrected chi connectivity index (χ3v) is 4.44. The van der Waals surface area contributed by atoms with Crippen LogP contribution >= 0.6 is 23.6 Å². The highest BCUT2D eigenvalue weighted by molar-refractivity contribution is 7.80. The molecule has 2 N–H and O–H groups in total. The first-order valence-corrected chi connectivity index (χ1v) is 7.96. The number of carbonyl (C=O) groups is 1. The molecule has 0 aliphatic carbocycles. The predicted octanol–water partition coefficient (Wildman–Crippen LogP) is 3.63. The lowest BCUT2D eigenvalue weighted by atomic mass is 10.1. The van der Waals surface area contributed by atoms with Gasteiger partial charge in [0, 0.05) is 11.4 Å². The molecular formula is C14H22N2O2S2. The Labute approximate surface area is 129 Å². The molecule has 6 heteroatoms. The molecule has 0 amide bonds. The molecule has 0 bridgehead atoms. The summed E-state index contributed by atoms with van der Waals surface area (Å²) in [5, 5.41) is 7.55. The van der Waals surface area contributed by atoms with Gasteiger partial charge in [0.2, 0.25) is 0 Å². The fraction of sp³-hybridized carbons (Fsp3) is 0.571. The van der Waals surface area contributed by atoms with Crippen LogP contribution < -0.4 is 10.6 Å². The van der Waals surface area contributed by atoms with Crippen LogP contribution in [0.3, 0.4) is 0 Å². The van der Waals surface area contributed by atoms with Crippen molar-refractivity contribution in [1.82, 2.24) is 5.32 Å². The minimum absolute atomic E-state index is 0.330. The average molecular weight is 314 g/mol. The van der Waals surface area contributed by atoms with E-state index in [1.54, 1.807) is 0 Å². The lowest BCUT2D eigenvalue weighted by molar-refractivity contribution is 0.0601. The predicted molar refractivity (Wildman–Crippen MR) is 88.9 cm³/mol. The van der Waals surface area contributed by atoms with Crippen LogP contribution in [-0.4, -0.2) is 24.7 Å². The van der Waals surface area contributed by atoms with Gasteiger partial charge in [-0.25, -0.2) is 4.79 Å². The molecule has 1 aromatic rings. The summed E-state index contributed by atoms with van der Waals surface area (Å²) >= 11 is 6.77. The van der Waals surface area contributed by atoms with Gasteiger partial charge in [-0.2, -0.15) is 0 Å². The monoisotopic (exact) mass is 314 g/mol. The van der Waals surface area contributed by atoms with E-state index in [0.717, 1.165) is 28.4 Å². The summed E-state index contributed by atoms with van der Waals surface area (Å²) in [5.74, 6) is -0.330. The second kappa shape index (κ2) is 8.21. The standard InChI is InChI=1S/C14H22N2O2S2/c1-5-6-7-8-15-14(19)16-12-11(13(17)18-4)9(2)10(3)20-12/h5-8H2,1-4H3,(H2,15,16,19). The highest BCUT2D eigenvalue weighted by Gasteiger charge is 2.20. The number of ether oxygens (including phenoxy) is 1. The van der Waals surface area contributed by atoms with Crippen LogP contribution in [0.1, 0.15) is 47.0 Å². The van der Waals surface area contributed by atoms with Gasteiger partial charge in [-0.05, 0) is 38.0 Å². The number of esters is 1. The van der Waals surface area contributed by atoms with Gasteiger partial charge in [-0.1, -0.05) is 19.8 Å². The number of methoxy groups -OCH3 is 1. The van der Waals surface area contributed by atoms with Crippen molar-refractivity contribution in [2.75, 3.05) is 19.0 Å². The maximum Gasteiger partial charge on any atom is 0.341 e. The molecule has 0 fully saturated rings. The zero-order valence-electron chi connectivity index (χ0n) is 12.5. The highest BCUT2D eigenvalue weighted by Crippen LogP contribution is 2.32. The van der Waals surface area contributed by atoms with Crippen molar-refractivity contribution in [2.24, 2.45) is 0 Å². The lowest BCUT2D eigenvalue weighted by Crippen LogP contribution is -2.29. The van der Waals surface area contributed by atoms with Gasteiger partial charge >= 0.3 is 5.97 Å². The second-order valence-corrected chi connectivity index (χ2v) is 6.20. The SMILES string of the molecule is CCCCCNC(=S)Nc1sc(C)c(C)c1C(=O)OC. The molecule has 0 aliphatic heterocycles. The van der Waals surface area contributed by atoms with E-state index < -0.39 is 0 Å². The van der Waals surface area contributed by atoms with Gasteiger partial charge in [0.15, 0.2) is 5.11 Å². The van der Waals surface area contributed by atoms with Crippen LogP contribution in [0.25, 0.3) is 0 Å². The molecule has 1 rings (SSSR count). The van der Waals surface area contributed by atoms with E-state index in [9.17, 15) is 4.79 Å². The third-order valence-electron chi connectivity index (χ3n) is 3.07. The third kappa shape index (κ3) is 4.45. The Balaban J connectivity index is 2.70. The summed E-state index contributed by atoms with van der Waals surface area (Å²) in [4.78, 5) is 12.9. The van der Waals surface area contributed by atoms with Crippen molar-refractivity contribution in [3.63, 3.8) is 0 Å². The summed E-state index contributed by atoms with van der Waals surface area (Å²) in [7, 11) is 1.39. The summed E-state index contributed by atoms with van der Waals surface area (Å²) in [6, 6.07) is 0. The van der Waals surface area contributed by atoms with Gasteiger partial charge in [0.25, 0.3) is 0 Å². The largest absolute Gasteiger partial charge is 0.465 e. The molecule has 1 aromatic heterocycles. The molecular weight excluding hydrogens is 292 g/mol. The van der Waals surface area contributed by atoms with E-state index >= 15 is 0 Å². The molecule has 0 saturated heterocycles. The molecule has 1 heterocycles. The Morgan fingerprint density at radius 2 is 2.05 bits per heavy atom. The van der Waals surface area contributed by atoms with Crippen molar-refractivity contribution in [3.05, 3.63) is 16.0 Å². The highest BCUT2D eigenvalue weighted by atomic mass is 32.1. The smallest absolute Gasteiger partial charge is 0.341 e. The first-order valence-electron chi connectivity index (χ1n) is 6.74. The number of nitrogens with one attached hydrogen (secondary N) is 2. The van der Waals surface area contributed by atoms with Crippen molar-refractivity contribution >= 4 is 39.6 Å². The Hall–Kier alpha value is -1.14. The van der Waals surface area contributed by atoms with E-state index in [1.165, 1.54) is 31.3 Å². The van der Waals surface area contributed by atoms with Crippen LogP contribution in [0.5, 0.6) is 0 Å².